The van der Waals surface area contributed by atoms with Crippen LogP contribution >= 0.6 is 11.8 Å². The molecule has 0 aliphatic carbocycles. The Morgan fingerprint density at radius 3 is 2.50 bits per heavy atom. The van der Waals surface area contributed by atoms with E-state index in [1.807, 2.05) is 26.2 Å². The Balaban J connectivity index is 4.17. The van der Waals surface area contributed by atoms with Crippen LogP contribution in [0.25, 0.3) is 0 Å². The van der Waals surface area contributed by atoms with Crippen LogP contribution in [-0.4, -0.2) is 6.21 Å². The van der Waals surface area contributed by atoms with Crippen molar-refractivity contribution in [2.75, 3.05) is 0 Å². The quantitative estimate of drug-likeness (QED) is 0.570. The Morgan fingerprint density at radius 2 is 2.10 bits per heavy atom. The molecule has 0 aromatic carbocycles. The van der Waals surface area contributed by atoms with Crippen molar-refractivity contribution in [3.63, 3.8) is 0 Å². The second-order valence-electron chi connectivity index (χ2n) is 1.81. The smallest absolute Gasteiger partial charge is 0.0463 e. The van der Waals surface area contributed by atoms with Crippen LogP contribution in [0.4, 0.5) is 0 Å². The molecule has 0 bridgehead atoms. The molecular weight excluding hydrogens is 142 g/mol. The first-order valence-corrected chi connectivity index (χ1v) is 4.04. The SMILES string of the molecule is C=CS/C(C)=C(\C)N=CC. The van der Waals surface area contributed by atoms with E-state index in [1.54, 1.807) is 18.0 Å². The maximum Gasteiger partial charge on any atom is 0.0463 e. The fourth-order valence-corrected chi connectivity index (χ4v) is 0.968. The van der Waals surface area contributed by atoms with Gasteiger partial charge in [0.05, 0.1) is 0 Å². The Labute approximate surface area is 66.9 Å². The summed E-state index contributed by atoms with van der Waals surface area (Å²) < 4.78 is 0. The number of hydrogen-bond acceptors (Lipinski definition) is 2. The number of thioether (sulfide) groups is 1. The number of allylic oxidation sites excluding steroid dienone is 2. The summed E-state index contributed by atoms with van der Waals surface area (Å²) in [5, 5.41) is 1.81. The van der Waals surface area contributed by atoms with Crippen LogP contribution in [-0.2, 0) is 0 Å². The van der Waals surface area contributed by atoms with Gasteiger partial charge in [0.25, 0.3) is 0 Å². The Bertz CT molecular complexity index is 168. The molecule has 0 fully saturated rings. The summed E-state index contributed by atoms with van der Waals surface area (Å²) in [4.78, 5) is 5.33. The third kappa shape index (κ3) is 3.51. The highest BCUT2D eigenvalue weighted by molar-refractivity contribution is 8.05. The van der Waals surface area contributed by atoms with Gasteiger partial charge in [-0.3, -0.25) is 4.99 Å². The van der Waals surface area contributed by atoms with Gasteiger partial charge in [0.1, 0.15) is 0 Å². The Morgan fingerprint density at radius 1 is 1.50 bits per heavy atom. The molecule has 0 radical (unpaired) electrons. The molecule has 0 spiro atoms. The zero-order valence-corrected chi connectivity index (χ0v) is 7.53. The highest BCUT2D eigenvalue weighted by Crippen LogP contribution is 2.19. The zero-order chi connectivity index (χ0) is 7.98. The molecule has 0 aromatic rings. The van der Waals surface area contributed by atoms with Gasteiger partial charge >= 0.3 is 0 Å². The van der Waals surface area contributed by atoms with E-state index in [1.165, 1.54) is 4.91 Å². The van der Waals surface area contributed by atoms with Crippen molar-refractivity contribution in [3.05, 3.63) is 22.6 Å². The highest BCUT2D eigenvalue weighted by Gasteiger charge is 1.90. The lowest BCUT2D eigenvalue weighted by molar-refractivity contribution is 1.28. The van der Waals surface area contributed by atoms with E-state index in [2.05, 4.69) is 11.6 Å². The molecule has 1 nitrogen and oxygen atoms in total. The molecule has 0 heterocycles. The van der Waals surface area contributed by atoms with Crippen molar-refractivity contribution < 1.29 is 0 Å². The minimum Gasteiger partial charge on any atom is -0.265 e. The maximum atomic E-state index is 4.13. The molecular formula is C8H13NS. The first-order valence-electron chi connectivity index (χ1n) is 3.16. The minimum absolute atomic E-state index is 1.06. The summed E-state index contributed by atoms with van der Waals surface area (Å²) in [6.07, 6.45) is 1.79. The molecule has 0 saturated carbocycles. The molecule has 0 saturated heterocycles. The molecule has 0 aliphatic heterocycles. The Hall–Kier alpha value is -0.500. The second kappa shape index (κ2) is 5.30. The van der Waals surface area contributed by atoms with Gasteiger partial charge in [-0.1, -0.05) is 6.58 Å². The van der Waals surface area contributed by atoms with Gasteiger partial charge in [-0.2, -0.15) is 0 Å². The van der Waals surface area contributed by atoms with E-state index in [0.29, 0.717) is 0 Å². The minimum atomic E-state index is 1.06. The van der Waals surface area contributed by atoms with Crippen LogP contribution < -0.4 is 0 Å². The van der Waals surface area contributed by atoms with Crippen molar-refractivity contribution in [2.45, 2.75) is 20.8 Å². The normalized spacial score (nSPS) is 13.5. The fraction of sp³-hybridized carbons (Fsp3) is 0.375. The van der Waals surface area contributed by atoms with Gasteiger partial charge in [0, 0.05) is 16.8 Å². The molecule has 0 amide bonds. The average molecular weight is 155 g/mol. The van der Waals surface area contributed by atoms with Gasteiger partial charge in [0.15, 0.2) is 0 Å². The lowest BCUT2D eigenvalue weighted by Crippen LogP contribution is -1.73. The van der Waals surface area contributed by atoms with Gasteiger partial charge < -0.3 is 0 Å². The van der Waals surface area contributed by atoms with Crippen LogP contribution in [0.15, 0.2) is 27.6 Å². The second-order valence-corrected chi connectivity index (χ2v) is 2.99. The molecule has 0 unspecified atom stereocenters. The van der Waals surface area contributed by atoms with E-state index >= 15 is 0 Å². The van der Waals surface area contributed by atoms with Crippen LogP contribution in [0.3, 0.4) is 0 Å². The molecule has 0 N–H and O–H groups in total. The zero-order valence-electron chi connectivity index (χ0n) is 6.72. The van der Waals surface area contributed by atoms with E-state index < -0.39 is 0 Å². The van der Waals surface area contributed by atoms with Gasteiger partial charge in [-0.15, -0.1) is 11.8 Å². The third-order valence-electron chi connectivity index (χ3n) is 1.09. The van der Waals surface area contributed by atoms with Gasteiger partial charge in [-0.05, 0) is 26.2 Å². The van der Waals surface area contributed by atoms with Gasteiger partial charge in [-0.25, -0.2) is 0 Å². The summed E-state index contributed by atoms with van der Waals surface area (Å²) in [6, 6.07) is 0. The first kappa shape index (κ1) is 9.50. The largest absolute Gasteiger partial charge is 0.265 e. The van der Waals surface area contributed by atoms with Crippen LogP contribution in [0.5, 0.6) is 0 Å². The predicted octanol–water partition coefficient (Wildman–Crippen LogP) is 3.21. The van der Waals surface area contributed by atoms with E-state index in [-0.39, 0.29) is 0 Å². The van der Waals surface area contributed by atoms with Crippen LogP contribution in [0.2, 0.25) is 0 Å². The lowest BCUT2D eigenvalue weighted by Gasteiger charge is -1.96. The topological polar surface area (TPSA) is 12.4 Å². The van der Waals surface area contributed by atoms with E-state index in [9.17, 15) is 0 Å². The van der Waals surface area contributed by atoms with Crippen molar-refractivity contribution >= 4 is 18.0 Å². The number of hydrogen-bond donors (Lipinski definition) is 0. The van der Waals surface area contributed by atoms with E-state index in [0.717, 1.165) is 5.70 Å². The predicted molar refractivity (Wildman–Crippen MR) is 50.3 cm³/mol. The summed E-state index contributed by atoms with van der Waals surface area (Å²) in [5.41, 5.74) is 1.06. The van der Waals surface area contributed by atoms with Crippen molar-refractivity contribution in [1.82, 2.24) is 0 Å². The van der Waals surface area contributed by atoms with E-state index in [4.69, 9.17) is 0 Å². The Kier molecular flexibility index (Phi) is 5.03. The summed E-state index contributed by atoms with van der Waals surface area (Å²) in [6.45, 7) is 9.56. The molecule has 2 heteroatoms. The molecule has 0 aliphatic rings. The highest BCUT2D eigenvalue weighted by atomic mass is 32.2. The molecule has 0 atom stereocenters. The monoisotopic (exact) mass is 155 g/mol. The molecule has 56 valence electrons. The summed E-state index contributed by atoms with van der Waals surface area (Å²) >= 11 is 1.61. The fourth-order valence-electron chi connectivity index (χ4n) is 0.495. The van der Waals surface area contributed by atoms with Gasteiger partial charge in [0.2, 0.25) is 0 Å². The maximum absolute atomic E-state index is 4.13. The van der Waals surface area contributed by atoms with Crippen LogP contribution in [0, 0.1) is 0 Å². The van der Waals surface area contributed by atoms with Crippen LogP contribution in [0.1, 0.15) is 20.8 Å². The van der Waals surface area contributed by atoms with Crippen molar-refractivity contribution in [3.8, 4) is 0 Å². The summed E-state index contributed by atoms with van der Waals surface area (Å²) in [7, 11) is 0. The molecule has 10 heavy (non-hydrogen) atoms. The van der Waals surface area contributed by atoms with Crippen molar-refractivity contribution in [1.29, 1.82) is 0 Å². The number of rotatable bonds is 3. The summed E-state index contributed by atoms with van der Waals surface area (Å²) in [5.74, 6) is 0. The first-order chi connectivity index (χ1) is 4.72. The third-order valence-corrected chi connectivity index (χ3v) is 1.91. The molecule has 0 aromatic heterocycles. The number of nitrogens with zero attached hydrogens (tertiary/aromatic N) is 1. The average Bonchev–Trinajstić information content (AvgIpc) is 1.89. The number of aliphatic imine (C=N–C) groups is 1. The molecule has 0 rings (SSSR count). The standard InChI is InChI=1S/C8H13NS/c1-5-9-7(3)8(4)10-6-2/h5-6H,2H2,1,3-4H3/b8-7+,9-5?. The lowest BCUT2D eigenvalue weighted by atomic mass is 10.5. The van der Waals surface area contributed by atoms with Crippen molar-refractivity contribution in [2.24, 2.45) is 4.99 Å².